The fraction of sp³-hybridized carbons (Fsp3) is 0.0909. The first kappa shape index (κ1) is 12.0. The SMILES string of the molecule is NC(=O)Nc1ccc(OC(F)F)c2cccnc12. The number of primary amides is 1. The Hall–Kier alpha value is -2.44. The number of nitrogens with two attached hydrogens (primary N) is 1. The van der Waals surface area contributed by atoms with Gasteiger partial charge in [-0.1, -0.05) is 0 Å². The molecule has 94 valence electrons. The van der Waals surface area contributed by atoms with Crippen molar-refractivity contribution in [3.05, 3.63) is 30.5 Å². The van der Waals surface area contributed by atoms with E-state index in [-0.39, 0.29) is 5.75 Å². The number of fused-ring (bicyclic) bond motifs is 1. The molecule has 3 N–H and O–H groups in total. The third-order valence-electron chi connectivity index (χ3n) is 2.20. The topological polar surface area (TPSA) is 77.2 Å². The average molecular weight is 253 g/mol. The molecule has 0 bridgehead atoms. The van der Waals surface area contributed by atoms with Crippen LogP contribution in [0.25, 0.3) is 10.9 Å². The first-order valence-electron chi connectivity index (χ1n) is 4.97. The Morgan fingerprint density at radius 1 is 1.39 bits per heavy atom. The van der Waals surface area contributed by atoms with Crippen LogP contribution in [-0.2, 0) is 0 Å². The van der Waals surface area contributed by atoms with E-state index in [0.717, 1.165) is 0 Å². The summed E-state index contributed by atoms with van der Waals surface area (Å²) in [6.45, 7) is -2.93. The number of urea groups is 1. The molecule has 0 saturated heterocycles. The quantitative estimate of drug-likeness (QED) is 0.881. The smallest absolute Gasteiger partial charge is 0.387 e. The summed E-state index contributed by atoms with van der Waals surface area (Å²) in [5.74, 6) is -0.0110. The molecule has 18 heavy (non-hydrogen) atoms. The third kappa shape index (κ3) is 2.45. The molecular weight excluding hydrogens is 244 g/mol. The monoisotopic (exact) mass is 253 g/mol. The molecule has 2 amide bonds. The van der Waals surface area contributed by atoms with Gasteiger partial charge in [0.15, 0.2) is 0 Å². The normalized spacial score (nSPS) is 10.6. The lowest BCUT2D eigenvalue weighted by Gasteiger charge is -2.10. The van der Waals surface area contributed by atoms with Crippen molar-refractivity contribution in [1.82, 2.24) is 4.98 Å². The van der Waals surface area contributed by atoms with Crippen LogP contribution in [0.4, 0.5) is 19.3 Å². The summed E-state index contributed by atoms with van der Waals surface area (Å²) >= 11 is 0. The summed E-state index contributed by atoms with van der Waals surface area (Å²) in [4.78, 5) is 14.8. The minimum absolute atomic E-state index is 0.0110. The number of halogens is 2. The highest BCUT2D eigenvalue weighted by Crippen LogP contribution is 2.30. The number of alkyl halides is 2. The van der Waals surface area contributed by atoms with E-state index in [0.29, 0.717) is 16.6 Å². The standard InChI is InChI=1S/C11H9F2N3O2/c12-10(13)18-8-4-3-7(16-11(14)17)9-6(8)2-1-5-15-9/h1-5,10H,(H3,14,16,17). The van der Waals surface area contributed by atoms with Crippen molar-refractivity contribution >= 4 is 22.6 Å². The number of anilines is 1. The zero-order valence-corrected chi connectivity index (χ0v) is 9.06. The second kappa shape index (κ2) is 4.82. The molecule has 0 aliphatic heterocycles. The molecule has 0 radical (unpaired) electrons. The lowest BCUT2D eigenvalue weighted by atomic mass is 10.1. The van der Waals surface area contributed by atoms with Gasteiger partial charge in [-0.05, 0) is 24.3 Å². The second-order valence-electron chi connectivity index (χ2n) is 3.38. The first-order valence-corrected chi connectivity index (χ1v) is 4.97. The number of carbonyl (C=O) groups excluding carboxylic acids is 1. The molecule has 0 saturated carbocycles. The fourth-order valence-corrected chi connectivity index (χ4v) is 1.58. The molecule has 0 unspecified atom stereocenters. The average Bonchev–Trinajstić information content (AvgIpc) is 2.31. The van der Waals surface area contributed by atoms with Crippen LogP contribution in [0.3, 0.4) is 0 Å². The molecule has 0 aliphatic carbocycles. The summed E-state index contributed by atoms with van der Waals surface area (Å²) in [7, 11) is 0. The summed E-state index contributed by atoms with van der Waals surface area (Å²) in [6.07, 6.45) is 1.47. The number of hydrogen-bond donors (Lipinski definition) is 2. The summed E-state index contributed by atoms with van der Waals surface area (Å²) in [5.41, 5.74) is 5.67. The molecule has 0 atom stereocenters. The number of aromatic nitrogens is 1. The van der Waals surface area contributed by atoms with Crippen molar-refractivity contribution in [2.75, 3.05) is 5.32 Å². The van der Waals surface area contributed by atoms with Gasteiger partial charge in [0, 0.05) is 11.6 Å². The van der Waals surface area contributed by atoms with E-state index in [2.05, 4.69) is 15.0 Å². The first-order chi connectivity index (χ1) is 8.58. The highest BCUT2D eigenvalue weighted by Gasteiger charge is 2.12. The number of nitrogens with one attached hydrogen (secondary N) is 1. The lowest BCUT2D eigenvalue weighted by molar-refractivity contribution is -0.0487. The highest BCUT2D eigenvalue weighted by molar-refractivity contribution is 6.01. The molecule has 0 fully saturated rings. The third-order valence-corrected chi connectivity index (χ3v) is 2.20. The minimum Gasteiger partial charge on any atom is -0.434 e. The van der Waals surface area contributed by atoms with Gasteiger partial charge in [-0.15, -0.1) is 0 Å². The lowest BCUT2D eigenvalue weighted by Crippen LogP contribution is -2.19. The Balaban J connectivity index is 2.54. The van der Waals surface area contributed by atoms with Crippen molar-refractivity contribution in [3.63, 3.8) is 0 Å². The van der Waals surface area contributed by atoms with Crippen molar-refractivity contribution < 1.29 is 18.3 Å². The Morgan fingerprint density at radius 2 is 2.17 bits per heavy atom. The van der Waals surface area contributed by atoms with E-state index in [1.807, 2.05) is 0 Å². The van der Waals surface area contributed by atoms with Crippen LogP contribution in [0.2, 0.25) is 0 Å². The Labute approximate surface area is 101 Å². The highest BCUT2D eigenvalue weighted by atomic mass is 19.3. The van der Waals surface area contributed by atoms with Crippen LogP contribution in [0.5, 0.6) is 5.75 Å². The number of ether oxygens (including phenoxy) is 1. The van der Waals surface area contributed by atoms with E-state index in [9.17, 15) is 13.6 Å². The van der Waals surface area contributed by atoms with Crippen LogP contribution in [0.1, 0.15) is 0 Å². The predicted octanol–water partition coefficient (Wildman–Crippen LogP) is 2.33. The van der Waals surface area contributed by atoms with Crippen LogP contribution < -0.4 is 15.8 Å². The maximum absolute atomic E-state index is 12.2. The molecule has 0 aliphatic rings. The van der Waals surface area contributed by atoms with Gasteiger partial charge >= 0.3 is 12.6 Å². The number of amides is 2. The number of hydrogen-bond acceptors (Lipinski definition) is 3. The number of carbonyl (C=O) groups is 1. The van der Waals surface area contributed by atoms with Gasteiger partial charge in [-0.2, -0.15) is 8.78 Å². The minimum atomic E-state index is -2.93. The van der Waals surface area contributed by atoms with Gasteiger partial charge in [0.2, 0.25) is 0 Å². The van der Waals surface area contributed by atoms with Gasteiger partial charge in [0.05, 0.1) is 11.2 Å². The van der Waals surface area contributed by atoms with Gasteiger partial charge in [-0.3, -0.25) is 4.98 Å². The summed E-state index contributed by atoms with van der Waals surface area (Å²) in [5, 5.41) is 2.73. The Morgan fingerprint density at radius 3 is 2.83 bits per heavy atom. The molecular formula is C11H9F2N3O2. The van der Waals surface area contributed by atoms with Crippen molar-refractivity contribution in [1.29, 1.82) is 0 Å². The van der Waals surface area contributed by atoms with Crippen LogP contribution in [-0.4, -0.2) is 17.6 Å². The largest absolute Gasteiger partial charge is 0.434 e. The molecule has 1 aromatic carbocycles. The van der Waals surface area contributed by atoms with E-state index in [4.69, 9.17) is 5.73 Å². The van der Waals surface area contributed by atoms with Crippen molar-refractivity contribution in [3.8, 4) is 5.75 Å². The maximum atomic E-state index is 12.2. The van der Waals surface area contributed by atoms with Crippen molar-refractivity contribution in [2.45, 2.75) is 6.61 Å². The van der Waals surface area contributed by atoms with Crippen molar-refractivity contribution in [2.24, 2.45) is 5.73 Å². The number of rotatable bonds is 3. The number of pyridine rings is 1. The van der Waals surface area contributed by atoms with Gasteiger partial charge in [0.1, 0.15) is 5.75 Å². The zero-order chi connectivity index (χ0) is 13.1. The molecule has 2 rings (SSSR count). The molecule has 0 spiro atoms. The maximum Gasteiger partial charge on any atom is 0.387 e. The fourth-order valence-electron chi connectivity index (χ4n) is 1.58. The van der Waals surface area contributed by atoms with Gasteiger partial charge in [0.25, 0.3) is 0 Å². The van der Waals surface area contributed by atoms with Gasteiger partial charge < -0.3 is 15.8 Å². The Kier molecular flexibility index (Phi) is 3.22. The van der Waals surface area contributed by atoms with Crippen LogP contribution in [0, 0.1) is 0 Å². The van der Waals surface area contributed by atoms with E-state index >= 15 is 0 Å². The molecule has 7 heteroatoms. The predicted molar refractivity (Wildman–Crippen MR) is 61.6 cm³/mol. The molecule has 5 nitrogen and oxygen atoms in total. The van der Waals surface area contributed by atoms with E-state index < -0.39 is 12.6 Å². The van der Waals surface area contributed by atoms with Crippen LogP contribution in [0.15, 0.2) is 30.5 Å². The molecule has 1 heterocycles. The molecule has 1 aromatic heterocycles. The van der Waals surface area contributed by atoms with E-state index in [1.165, 1.54) is 18.3 Å². The van der Waals surface area contributed by atoms with E-state index in [1.54, 1.807) is 12.1 Å². The number of benzene rings is 1. The molecule has 2 aromatic rings. The number of nitrogens with zero attached hydrogens (tertiary/aromatic N) is 1. The summed E-state index contributed by atoms with van der Waals surface area (Å²) in [6, 6.07) is 5.10. The van der Waals surface area contributed by atoms with Gasteiger partial charge in [-0.25, -0.2) is 4.79 Å². The van der Waals surface area contributed by atoms with Crippen LogP contribution >= 0.6 is 0 Å². The second-order valence-corrected chi connectivity index (χ2v) is 3.38. The summed E-state index contributed by atoms with van der Waals surface area (Å²) < 4.78 is 28.8. The Bertz CT molecular complexity index is 590. The zero-order valence-electron chi connectivity index (χ0n) is 9.06.